The number of ether oxygens (including phenoxy) is 2. The molecule has 0 aromatic heterocycles. The van der Waals surface area contributed by atoms with Crippen molar-refractivity contribution in [3.63, 3.8) is 0 Å². The second kappa shape index (κ2) is 13.3. The van der Waals surface area contributed by atoms with Crippen LogP contribution in [0, 0.1) is 0 Å². The SMILES string of the molecule is CCNC(=O)C(CC)N(CCc1ccccc1)C(=O)CCCN(c1ccc2c(c1)OCCO2)S(C)(=O)=O. The Bertz CT molecular complexity index is 1160. The number of benzene rings is 2. The molecular weight excluding hydrogens is 494 g/mol. The van der Waals surface area contributed by atoms with Gasteiger partial charge in [-0.1, -0.05) is 37.3 Å². The highest BCUT2D eigenvalue weighted by molar-refractivity contribution is 7.92. The number of carbonyl (C=O) groups excluding carboxylic acids is 2. The summed E-state index contributed by atoms with van der Waals surface area (Å²) in [5.74, 6) is 0.710. The highest BCUT2D eigenvalue weighted by Crippen LogP contribution is 2.34. The number of hydrogen-bond acceptors (Lipinski definition) is 6. The Morgan fingerprint density at radius 2 is 1.70 bits per heavy atom. The molecule has 3 rings (SSSR count). The molecule has 0 fully saturated rings. The van der Waals surface area contributed by atoms with Crippen LogP contribution in [-0.2, 0) is 26.0 Å². The number of hydrogen-bond donors (Lipinski definition) is 1. The predicted molar refractivity (Wildman–Crippen MR) is 143 cm³/mol. The molecule has 0 radical (unpaired) electrons. The Labute approximate surface area is 219 Å². The number of nitrogens with zero attached hydrogens (tertiary/aromatic N) is 2. The summed E-state index contributed by atoms with van der Waals surface area (Å²) in [6, 6.07) is 14.2. The first kappa shape index (κ1) is 28.3. The Morgan fingerprint density at radius 3 is 2.35 bits per heavy atom. The number of fused-ring (bicyclic) bond motifs is 1. The Balaban J connectivity index is 1.71. The number of carbonyl (C=O) groups is 2. The number of rotatable bonds is 13. The number of likely N-dealkylation sites (N-methyl/N-ethyl adjacent to an activating group) is 1. The van der Waals surface area contributed by atoms with E-state index in [1.165, 1.54) is 4.31 Å². The highest BCUT2D eigenvalue weighted by Gasteiger charge is 2.28. The maximum absolute atomic E-state index is 13.4. The lowest BCUT2D eigenvalue weighted by atomic mass is 10.1. The van der Waals surface area contributed by atoms with E-state index in [1.54, 1.807) is 23.1 Å². The maximum Gasteiger partial charge on any atom is 0.242 e. The second-order valence-corrected chi connectivity index (χ2v) is 10.8. The standard InChI is InChI=1S/C27H37N3O6S/c1-4-23(27(32)28-5-2)29(17-15-21-10-7-6-8-11-21)26(31)12-9-16-30(37(3,33)34)22-13-14-24-25(20-22)36-19-18-35-24/h6-8,10-11,13-14,20,23H,4-5,9,12,15-19H2,1-3H3,(H,28,32). The lowest BCUT2D eigenvalue weighted by molar-refractivity contribution is -0.140. The normalized spacial score (nSPS) is 13.5. The summed E-state index contributed by atoms with van der Waals surface area (Å²) < 4.78 is 37.6. The molecule has 0 saturated heterocycles. The minimum absolute atomic E-state index is 0.112. The van der Waals surface area contributed by atoms with Crippen LogP contribution in [0.1, 0.15) is 38.7 Å². The summed E-state index contributed by atoms with van der Waals surface area (Å²) in [7, 11) is -3.60. The molecule has 1 atom stereocenters. The molecule has 1 heterocycles. The van der Waals surface area contributed by atoms with Gasteiger partial charge in [-0.25, -0.2) is 8.42 Å². The van der Waals surface area contributed by atoms with Gasteiger partial charge in [0.05, 0.1) is 11.9 Å². The third-order valence-electron chi connectivity index (χ3n) is 6.19. The van der Waals surface area contributed by atoms with E-state index in [1.807, 2.05) is 44.2 Å². The van der Waals surface area contributed by atoms with E-state index in [9.17, 15) is 18.0 Å². The number of nitrogens with one attached hydrogen (secondary N) is 1. The van der Waals surface area contributed by atoms with Crippen LogP contribution in [0.4, 0.5) is 5.69 Å². The molecule has 0 spiro atoms. The minimum atomic E-state index is -3.60. The lowest BCUT2D eigenvalue weighted by Gasteiger charge is -2.31. The summed E-state index contributed by atoms with van der Waals surface area (Å²) in [6.07, 6.45) is 2.66. The van der Waals surface area contributed by atoms with Gasteiger partial charge in [-0.2, -0.15) is 0 Å². The fourth-order valence-corrected chi connectivity index (χ4v) is 5.34. The van der Waals surface area contributed by atoms with Gasteiger partial charge in [0.15, 0.2) is 11.5 Å². The zero-order chi connectivity index (χ0) is 26.8. The first-order valence-electron chi connectivity index (χ1n) is 12.7. The van der Waals surface area contributed by atoms with Gasteiger partial charge in [0.2, 0.25) is 21.8 Å². The van der Waals surface area contributed by atoms with E-state index >= 15 is 0 Å². The summed E-state index contributed by atoms with van der Waals surface area (Å²) >= 11 is 0. The summed E-state index contributed by atoms with van der Waals surface area (Å²) in [4.78, 5) is 27.7. The third kappa shape index (κ3) is 7.85. The van der Waals surface area contributed by atoms with Gasteiger partial charge in [0.1, 0.15) is 19.3 Å². The molecule has 1 aliphatic rings. The summed E-state index contributed by atoms with van der Waals surface area (Å²) in [5.41, 5.74) is 1.53. The molecule has 202 valence electrons. The van der Waals surface area contributed by atoms with Gasteiger partial charge >= 0.3 is 0 Å². The molecule has 2 aromatic carbocycles. The molecule has 0 saturated carbocycles. The van der Waals surface area contributed by atoms with Crippen LogP contribution in [0.25, 0.3) is 0 Å². The quantitative estimate of drug-likeness (QED) is 0.426. The molecule has 37 heavy (non-hydrogen) atoms. The molecule has 2 amide bonds. The number of sulfonamides is 1. The summed E-state index contributed by atoms with van der Waals surface area (Å²) in [6.45, 7) is 5.57. The van der Waals surface area contributed by atoms with Crippen molar-refractivity contribution in [3.8, 4) is 11.5 Å². The fourth-order valence-electron chi connectivity index (χ4n) is 4.38. The largest absolute Gasteiger partial charge is 0.486 e. The lowest BCUT2D eigenvalue weighted by Crippen LogP contribution is -2.50. The smallest absolute Gasteiger partial charge is 0.242 e. The van der Waals surface area contributed by atoms with Gasteiger partial charge in [-0.15, -0.1) is 0 Å². The van der Waals surface area contributed by atoms with Crippen LogP contribution in [0.5, 0.6) is 11.5 Å². The Kier molecular flexibility index (Phi) is 10.2. The van der Waals surface area contributed by atoms with Crippen molar-refractivity contribution < 1.29 is 27.5 Å². The highest BCUT2D eigenvalue weighted by atomic mass is 32.2. The van der Waals surface area contributed by atoms with E-state index in [0.717, 1.165) is 11.8 Å². The first-order valence-corrected chi connectivity index (χ1v) is 14.6. The molecule has 1 N–H and O–H groups in total. The van der Waals surface area contributed by atoms with E-state index in [4.69, 9.17) is 9.47 Å². The molecule has 2 aromatic rings. The maximum atomic E-state index is 13.4. The van der Waals surface area contributed by atoms with E-state index < -0.39 is 16.1 Å². The average molecular weight is 532 g/mol. The van der Waals surface area contributed by atoms with E-state index in [0.29, 0.717) is 62.8 Å². The van der Waals surface area contributed by atoms with Gasteiger partial charge in [-0.3, -0.25) is 13.9 Å². The summed E-state index contributed by atoms with van der Waals surface area (Å²) in [5, 5.41) is 2.83. The van der Waals surface area contributed by atoms with Crippen LogP contribution < -0.4 is 19.1 Å². The molecule has 10 heteroatoms. The molecule has 1 aliphatic heterocycles. The zero-order valence-electron chi connectivity index (χ0n) is 21.8. The molecule has 1 unspecified atom stereocenters. The topological polar surface area (TPSA) is 105 Å². The first-order chi connectivity index (χ1) is 17.7. The van der Waals surface area contributed by atoms with Gasteiger partial charge in [0, 0.05) is 32.1 Å². The number of amides is 2. The van der Waals surface area contributed by atoms with Gasteiger partial charge in [0.25, 0.3) is 0 Å². The minimum Gasteiger partial charge on any atom is -0.486 e. The van der Waals surface area contributed by atoms with Gasteiger partial charge < -0.3 is 19.7 Å². The van der Waals surface area contributed by atoms with Crippen molar-refractivity contribution in [2.45, 2.75) is 45.6 Å². The van der Waals surface area contributed by atoms with Crippen LogP contribution in [0.3, 0.4) is 0 Å². The molecular formula is C27H37N3O6S. The fraction of sp³-hybridized carbons (Fsp3) is 0.481. The average Bonchev–Trinajstić information content (AvgIpc) is 2.88. The van der Waals surface area contributed by atoms with Crippen LogP contribution >= 0.6 is 0 Å². The molecule has 9 nitrogen and oxygen atoms in total. The molecule has 0 aliphatic carbocycles. The van der Waals surface area contributed by atoms with Crippen LogP contribution in [-0.4, -0.2) is 70.3 Å². The van der Waals surface area contributed by atoms with Crippen molar-refractivity contribution in [1.29, 1.82) is 0 Å². The van der Waals surface area contributed by atoms with Crippen molar-refractivity contribution >= 4 is 27.5 Å². The van der Waals surface area contributed by atoms with Crippen LogP contribution in [0.2, 0.25) is 0 Å². The van der Waals surface area contributed by atoms with Crippen LogP contribution in [0.15, 0.2) is 48.5 Å². The third-order valence-corrected chi connectivity index (χ3v) is 7.38. The zero-order valence-corrected chi connectivity index (χ0v) is 22.6. The van der Waals surface area contributed by atoms with Gasteiger partial charge in [-0.05, 0) is 43.9 Å². The van der Waals surface area contributed by atoms with E-state index in [-0.39, 0.29) is 24.8 Å². The van der Waals surface area contributed by atoms with Crippen molar-refractivity contribution in [1.82, 2.24) is 10.2 Å². The predicted octanol–water partition coefficient (Wildman–Crippen LogP) is 2.99. The van der Waals surface area contributed by atoms with Crippen molar-refractivity contribution in [3.05, 3.63) is 54.1 Å². The van der Waals surface area contributed by atoms with E-state index in [2.05, 4.69) is 5.32 Å². The molecule has 0 bridgehead atoms. The second-order valence-electron chi connectivity index (χ2n) is 8.91. The van der Waals surface area contributed by atoms with Crippen molar-refractivity contribution in [2.24, 2.45) is 0 Å². The van der Waals surface area contributed by atoms with Crippen molar-refractivity contribution in [2.75, 3.05) is 43.4 Å². The Morgan fingerprint density at radius 1 is 1.00 bits per heavy atom. The Hall–Kier alpha value is -3.27. The number of anilines is 1. The monoisotopic (exact) mass is 531 g/mol.